The Hall–Kier alpha value is -2.73. The fourth-order valence-corrected chi connectivity index (χ4v) is 2.50. The van der Waals surface area contributed by atoms with Crippen LogP contribution in [0.5, 0.6) is 0 Å². The van der Waals surface area contributed by atoms with E-state index in [-0.39, 0.29) is 18.4 Å². The normalized spacial score (nSPS) is 11.9. The molecule has 0 unspecified atom stereocenters. The van der Waals surface area contributed by atoms with E-state index in [1.807, 2.05) is 31.2 Å². The van der Waals surface area contributed by atoms with Gasteiger partial charge in [-0.15, -0.1) is 0 Å². The van der Waals surface area contributed by atoms with Crippen LogP contribution in [0.25, 0.3) is 11.4 Å². The zero-order chi connectivity index (χ0) is 16.9. The summed E-state index contributed by atoms with van der Waals surface area (Å²) in [4.78, 5) is 20.6. The van der Waals surface area contributed by atoms with Gasteiger partial charge in [0.15, 0.2) is 5.82 Å². The fourth-order valence-electron chi connectivity index (χ4n) is 2.29. The molecule has 3 rings (SSSR count). The Morgan fingerprint density at radius 2 is 2.08 bits per heavy atom. The maximum absolute atomic E-state index is 12.2. The molecule has 1 atom stereocenters. The number of halogens is 1. The molecule has 0 aliphatic rings. The highest BCUT2D eigenvalue weighted by Crippen LogP contribution is 2.16. The van der Waals surface area contributed by atoms with Crippen molar-refractivity contribution < 1.29 is 4.79 Å². The van der Waals surface area contributed by atoms with Gasteiger partial charge in [0.2, 0.25) is 5.91 Å². The van der Waals surface area contributed by atoms with E-state index in [9.17, 15) is 4.79 Å². The molecule has 2 heterocycles. The van der Waals surface area contributed by atoms with Gasteiger partial charge in [-0.3, -0.25) is 14.9 Å². The number of rotatable bonds is 5. The van der Waals surface area contributed by atoms with Crippen LogP contribution in [0.2, 0.25) is 5.02 Å². The van der Waals surface area contributed by atoms with Crippen LogP contribution < -0.4 is 5.32 Å². The average Bonchev–Trinajstić information content (AvgIpc) is 3.05. The average molecular weight is 342 g/mol. The molecule has 0 saturated carbocycles. The summed E-state index contributed by atoms with van der Waals surface area (Å²) < 4.78 is 0. The van der Waals surface area contributed by atoms with Crippen molar-refractivity contribution in [3.05, 3.63) is 65.2 Å². The first kappa shape index (κ1) is 16.1. The van der Waals surface area contributed by atoms with E-state index >= 15 is 0 Å². The number of carbonyl (C=O) groups is 1. The molecule has 0 radical (unpaired) electrons. The molecule has 0 aliphatic carbocycles. The van der Waals surface area contributed by atoms with E-state index < -0.39 is 0 Å². The van der Waals surface area contributed by atoms with E-state index in [0.717, 1.165) is 11.1 Å². The summed E-state index contributed by atoms with van der Waals surface area (Å²) in [5, 5.41) is 10.6. The summed E-state index contributed by atoms with van der Waals surface area (Å²) in [6.45, 7) is 1.85. The molecule has 0 spiro atoms. The van der Waals surface area contributed by atoms with Crippen LogP contribution in [0.1, 0.15) is 24.4 Å². The summed E-state index contributed by atoms with van der Waals surface area (Å²) in [6, 6.07) is 10.6. The van der Waals surface area contributed by atoms with Crippen LogP contribution in [-0.2, 0) is 11.2 Å². The van der Waals surface area contributed by atoms with Gasteiger partial charge < -0.3 is 5.32 Å². The van der Waals surface area contributed by atoms with Gasteiger partial charge in [-0.2, -0.15) is 5.10 Å². The van der Waals surface area contributed by atoms with Crippen molar-refractivity contribution in [2.45, 2.75) is 19.4 Å². The molecule has 7 heteroatoms. The van der Waals surface area contributed by atoms with Gasteiger partial charge in [-0.25, -0.2) is 4.98 Å². The van der Waals surface area contributed by atoms with E-state index in [2.05, 4.69) is 25.5 Å². The van der Waals surface area contributed by atoms with Crippen LogP contribution in [0.4, 0.5) is 0 Å². The second-order valence-electron chi connectivity index (χ2n) is 5.38. The first-order valence-electron chi connectivity index (χ1n) is 7.48. The molecule has 1 aromatic carbocycles. The van der Waals surface area contributed by atoms with Crippen molar-refractivity contribution >= 4 is 17.5 Å². The Bertz CT molecular complexity index is 834. The summed E-state index contributed by atoms with van der Waals surface area (Å²) in [7, 11) is 0. The van der Waals surface area contributed by atoms with Crippen molar-refractivity contribution in [3.8, 4) is 11.4 Å². The number of benzene rings is 1. The van der Waals surface area contributed by atoms with Gasteiger partial charge in [0.25, 0.3) is 0 Å². The first-order chi connectivity index (χ1) is 11.6. The van der Waals surface area contributed by atoms with Gasteiger partial charge in [0.05, 0.1) is 12.5 Å². The lowest BCUT2D eigenvalue weighted by atomic mass is 10.1. The molecule has 6 nitrogen and oxygen atoms in total. The minimum absolute atomic E-state index is 0.105. The van der Waals surface area contributed by atoms with Crippen molar-refractivity contribution in [2.24, 2.45) is 0 Å². The van der Waals surface area contributed by atoms with E-state index in [1.165, 1.54) is 0 Å². The SMILES string of the molecule is C[C@@H](NC(=O)Cc1cccc(Cl)c1)c1nc(-c2ccncc2)n[nH]1. The number of hydrogen-bond acceptors (Lipinski definition) is 4. The summed E-state index contributed by atoms with van der Waals surface area (Å²) in [5.74, 6) is 1.07. The first-order valence-corrected chi connectivity index (χ1v) is 7.86. The highest BCUT2D eigenvalue weighted by atomic mass is 35.5. The van der Waals surface area contributed by atoms with E-state index in [1.54, 1.807) is 24.5 Å². The number of aromatic amines is 1. The Morgan fingerprint density at radius 3 is 2.83 bits per heavy atom. The second-order valence-corrected chi connectivity index (χ2v) is 5.81. The number of amides is 1. The standard InChI is InChI=1S/C17H16ClN5O/c1-11(20-15(24)10-12-3-2-4-14(18)9-12)16-21-17(23-22-16)13-5-7-19-8-6-13/h2-9,11H,10H2,1H3,(H,20,24)(H,21,22,23)/t11-/m1/s1. The largest absolute Gasteiger partial charge is 0.346 e. The number of carbonyl (C=O) groups excluding carboxylic acids is 1. The van der Waals surface area contributed by atoms with Crippen LogP contribution in [0.15, 0.2) is 48.8 Å². The van der Waals surface area contributed by atoms with Crippen molar-refractivity contribution in [2.75, 3.05) is 0 Å². The third-order valence-electron chi connectivity index (χ3n) is 3.48. The maximum Gasteiger partial charge on any atom is 0.224 e. The Labute approximate surface area is 144 Å². The molecule has 3 aromatic rings. The topological polar surface area (TPSA) is 83.6 Å². The van der Waals surface area contributed by atoms with Gasteiger partial charge in [-0.05, 0) is 36.8 Å². The monoisotopic (exact) mass is 341 g/mol. The lowest BCUT2D eigenvalue weighted by Gasteiger charge is -2.11. The van der Waals surface area contributed by atoms with Gasteiger partial charge in [-0.1, -0.05) is 23.7 Å². The zero-order valence-corrected chi connectivity index (χ0v) is 13.8. The molecule has 24 heavy (non-hydrogen) atoms. The van der Waals surface area contributed by atoms with Crippen molar-refractivity contribution in [3.63, 3.8) is 0 Å². The second kappa shape index (κ2) is 7.23. The lowest BCUT2D eigenvalue weighted by Crippen LogP contribution is -2.28. The Morgan fingerprint density at radius 1 is 1.29 bits per heavy atom. The third kappa shape index (κ3) is 3.97. The molecule has 122 valence electrons. The number of nitrogens with zero attached hydrogens (tertiary/aromatic N) is 3. The fraction of sp³-hybridized carbons (Fsp3) is 0.176. The van der Waals surface area contributed by atoms with Crippen molar-refractivity contribution in [1.29, 1.82) is 0 Å². The highest BCUT2D eigenvalue weighted by molar-refractivity contribution is 6.30. The molecular formula is C17H16ClN5O. The number of pyridine rings is 1. The van der Waals surface area contributed by atoms with E-state index in [4.69, 9.17) is 11.6 Å². The van der Waals surface area contributed by atoms with Gasteiger partial charge >= 0.3 is 0 Å². The predicted molar refractivity (Wildman–Crippen MR) is 91.3 cm³/mol. The molecule has 1 amide bonds. The number of aromatic nitrogens is 4. The molecule has 2 N–H and O–H groups in total. The summed E-state index contributed by atoms with van der Waals surface area (Å²) in [6.07, 6.45) is 3.62. The number of nitrogens with one attached hydrogen (secondary N) is 2. The number of hydrogen-bond donors (Lipinski definition) is 2. The van der Waals surface area contributed by atoms with E-state index in [0.29, 0.717) is 16.7 Å². The smallest absolute Gasteiger partial charge is 0.224 e. The van der Waals surface area contributed by atoms with Crippen LogP contribution in [0.3, 0.4) is 0 Å². The maximum atomic E-state index is 12.2. The summed E-state index contributed by atoms with van der Waals surface area (Å²) >= 11 is 5.93. The van der Waals surface area contributed by atoms with Crippen LogP contribution in [-0.4, -0.2) is 26.1 Å². The zero-order valence-electron chi connectivity index (χ0n) is 13.0. The quantitative estimate of drug-likeness (QED) is 0.747. The minimum atomic E-state index is -0.278. The number of H-pyrrole nitrogens is 1. The minimum Gasteiger partial charge on any atom is -0.346 e. The van der Waals surface area contributed by atoms with Gasteiger partial charge in [0, 0.05) is 23.0 Å². The predicted octanol–water partition coefficient (Wildman–Crippen LogP) is 2.94. The third-order valence-corrected chi connectivity index (χ3v) is 3.72. The Balaban J connectivity index is 1.63. The summed E-state index contributed by atoms with van der Waals surface area (Å²) in [5.41, 5.74) is 1.73. The van der Waals surface area contributed by atoms with Crippen molar-refractivity contribution in [1.82, 2.24) is 25.5 Å². The Kier molecular flexibility index (Phi) is 4.86. The lowest BCUT2D eigenvalue weighted by molar-refractivity contribution is -0.121. The molecule has 0 aliphatic heterocycles. The molecule has 0 bridgehead atoms. The molecular weight excluding hydrogens is 326 g/mol. The molecule has 0 fully saturated rings. The molecule has 2 aromatic heterocycles. The van der Waals surface area contributed by atoms with Crippen LogP contribution in [0, 0.1) is 0 Å². The van der Waals surface area contributed by atoms with Crippen LogP contribution >= 0.6 is 11.6 Å². The molecule has 0 saturated heterocycles. The van der Waals surface area contributed by atoms with Gasteiger partial charge in [0.1, 0.15) is 5.82 Å². The highest BCUT2D eigenvalue weighted by Gasteiger charge is 2.15.